The lowest BCUT2D eigenvalue weighted by atomic mass is 9.99. The van der Waals surface area contributed by atoms with Crippen molar-refractivity contribution in [2.45, 2.75) is 19.4 Å². The fourth-order valence-electron chi connectivity index (χ4n) is 1.57. The van der Waals surface area contributed by atoms with Crippen LogP contribution in [0.15, 0.2) is 18.2 Å². The third kappa shape index (κ3) is 1.41. The number of fused-ring (bicyclic) bond motifs is 1. The zero-order chi connectivity index (χ0) is 10.1. The monoisotopic (exact) mass is 190 g/mol. The molecule has 0 saturated carbocycles. The van der Waals surface area contributed by atoms with E-state index in [9.17, 15) is 9.59 Å². The largest absolute Gasteiger partial charge is 0.489 e. The second-order valence-corrected chi connectivity index (χ2v) is 3.43. The Kier molecular flexibility index (Phi) is 2.08. The summed E-state index contributed by atoms with van der Waals surface area (Å²) in [6.07, 6.45) is 1.04. The van der Waals surface area contributed by atoms with Gasteiger partial charge in [0.25, 0.3) is 0 Å². The van der Waals surface area contributed by atoms with Gasteiger partial charge in [-0.25, -0.2) is 0 Å². The first-order chi connectivity index (χ1) is 6.70. The first-order valence-electron chi connectivity index (χ1n) is 4.50. The third-order valence-corrected chi connectivity index (χ3v) is 2.24. The van der Waals surface area contributed by atoms with Gasteiger partial charge in [-0.1, -0.05) is 0 Å². The average molecular weight is 190 g/mol. The molecule has 72 valence electrons. The summed E-state index contributed by atoms with van der Waals surface area (Å²) in [5.74, 6) is 0.627. The van der Waals surface area contributed by atoms with Crippen LogP contribution in [-0.4, -0.2) is 18.2 Å². The van der Waals surface area contributed by atoms with Crippen molar-refractivity contribution in [3.63, 3.8) is 0 Å². The maximum Gasteiger partial charge on any atom is 0.170 e. The van der Waals surface area contributed by atoms with E-state index in [1.54, 1.807) is 18.2 Å². The van der Waals surface area contributed by atoms with Gasteiger partial charge in [0, 0.05) is 12.0 Å². The van der Waals surface area contributed by atoms with E-state index in [1.165, 1.54) is 0 Å². The fraction of sp³-hybridized carbons (Fsp3) is 0.273. The van der Waals surface area contributed by atoms with E-state index < -0.39 is 0 Å². The predicted molar refractivity (Wildman–Crippen MR) is 50.9 cm³/mol. The summed E-state index contributed by atoms with van der Waals surface area (Å²) in [6, 6.07) is 4.90. The molecular weight excluding hydrogens is 180 g/mol. The Bertz CT molecular complexity index is 396. The molecule has 1 unspecified atom stereocenters. The Labute approximate surface area is 81.7 Å². The van der Waals surface area contributed by atoms with Gasteiger partial charge in [-0.05, 0) is 25.1 Å². The minimum absolute atomic E-state index is 0.0439. The Balaban J connectivity index is 2.49. The van der Waals surface area contributed by atoms with E-state index in [-0.39, 0.29) is 11.9 Å². The van der Waals surface area contributed by atoms with Crippen LogP contribution < -0.4 is 4.74 Å². The molecule has 0 bridgehead atoms. The Morgan fingerprint density at radius 2 is 2.29 bits per heavy atom. The predicted octanol–water partition coefficient (Wildman–Crippen LogP) is 1.85. The molecule has 0 fully saturated rings. The van der Waals surface area contributed by atoms with E-state index >= 15 is 0 Å². The molecule has 0 aliphatic carbocycles. The normalized spacial score (nSPS) is 19.8. The molecule has 1 aliphatic rings. The van der Waals surface area contributed by atoms with Crippen molar-refractivity contribution in [1.29, 1.82) is 0 Å². The smallest absolute Gasteiger partial charge is 0.170 e. The topological polar surface area (TPSA) is 43.4 Å². The number of ether oxygens (including phenoxy) is 1. The van der Waals surface area contributed by atoms with Gasteiger partial charge >= 0.3 is 0 Å². The minimum Gasteiger partial charge on any atom is -0.489 e. The van der Waals surface area contributed by atoms with E-state index in [4.69, 9.17) is 4.74 Å². The molecule has 1 aromatic rings. The van der Waals surface area contributed by atoms with E-state index in [0.717, 1.165) is 6.29 Å². The van der Waals surface area contributed by atoms with Crippen molar-refractivity contribution in [2.24, 2.45) is 0 Å². The summed E-state index contributed by atoms with van der Waals surface area (Å²) in [4.78, 5) is 22.1. The van der Waals surface area contributed by atoms with Crippen molar-refractivity contribution in [1.82, 2.24) is 0 Å². The highest BCUT2D eigenvalue weighted by molar-refractivity contribution is 6.01. The molecular formula is C11H10O3. The van der Waals surface area contributed by atoms with Crippen LogP contribution in [0, 0.1) is 0 Å². The molecule has 2 rings (SSSR count). The number of benzene rings is 1. The van der Waals surface area contributed by atoms with Gasteiger partial charge in [0.15, 0.2) is 5.78 Å². The Morgan fingerprint density at radius 1 is 1.50 bits per heavy atom. The number of carbonyl (C=O) groups is 2. The van der Waals surface area contributed by atoms with Crippen LogP contribution >= 0.6 is 0 Å². The number of ketones is 1. The molecule has 3 heteroatoms. The SMILES string of the molecule is CC1CC(=O)c2cc(C=O)ccc2O1. The van der Waals surface area contributed by atoms with Crippen molar-refractivity contribution in [2.75, 3.05) is 0 Å². The van der Waals surface area contributed by atoms with Crippen molar-refractivity contribution in [3.05, 3.63) is 29.3 Å². The fourth-order valence-corrected chi connectivity index (χ4v) is 1.57. The summed E-state index contributed by atoms with van der Waals surface area (Å²) in [7, 11) is 0. The van der Waals surface area contributed by atoms with Crippen LogP contribution in [0.5, 0.6) is 5.75 Å². The summed E-state index contributed by atoms with van der Waals surface area (Å²) in [5, 5.41) is 0. The number of aldehydes is 1. The van der Waals surface area contributed by atoms with Crippen LogP contribution in [0.2, 0.25) is 0 Å². The highest BCUT2D eigenvalue weighted by atomic mass is 16.5. The third-order valence-electron chi connectivity index (χ3n) is 2.24. The zero-order valence-corrected chi connectivity index (χ0v) is 7.82. The van der Waals surface area contributed by atoms with Gasteiger partial charge in [0.1, 0.15) is 18.1 Å². The van der Waals surface area contributed by atoms with Gasteiger partial charge in [-0.2, -0.15) is 0 Å². The van der Waals surface area contributed by atoms with Gasteiger partial charge in [0.05, 0.1) is 5.56 Å². The van der Waals surface area contributed by atoms with Crippen LogP contribution in [-0.2, 0) is 0 Å². The highest BCUT2D eigenvalue weighted by Crippen LogP contribution is 2.27. The van der Waals surface area contributed by atoms with Crippen molar-refractivity contribution in [3.8, 4) is 5.75 Å². The lowest BCUT2D eigenvalue weighted by Gasteiger charge is -2.22. The van der Waals surface area contributed by atoms with Gasteiger partial charge in [-0.15, -0.1) is 0 Å². The molecule has 0 aromatic heterocycles. The summed E-state index contributed by atoms with van der Waals surface area (Å²) >= 11 is 0. The first kappa shape index (κ1) is 8.94. The first-order valence-corrected chi connectivity index (χ1v) is 4.50. The number of carbonyl (C=O) groups excluding carboxylic acids is 2. The number of hydrogen-bond acceptors (Lipinski definition) is 3. The molecule has 0 N–H and O–H groups in total. The summed E-state index contributed by atoms with van der Waals surface area (Å²) in [5.41, 5.74) is 1.03. The second kappa shape index (κ2) is 3.25. The molecule has 0 spiro atoms. The van der Waals surface area contributed by atoms with Crippen molar-refractivity contribution >= 4 is 12.1 Å². The Hall–Kier alpha value is -1.64. The standard InChI is InChI=1S/C11H10O3/c1-7-4-10(13)9-5-8(6-12)2-3-11(9)14-7/h2-3,5-7H,4H2,1H3. The minimum atomic E-state index is -0.0721. The molecule has 14 heavy (non-hydrogen) atoms. The molecule has 0 saturated heterocycles. The van der Waals surface area contributed by atoms with E-state index in [0.29, 0.717) is 23.3 Å². The number of rotatable bonds is 1. The molecule has 0 amide bonds. The molecule has 3 nitrogen and oxygen atoms in total. The summed E-state index contributed by atoms with van der Waals surface area (Å²) in [6.45, 7) is 1.86. The van der Waals surface area contributed by atoms with Gasteiger partial charge in [0.2, 0.25) is 0 Å². The summed E-state index contributed by atoms with van der Waals surface area (Å²) < 4.78 is 5.46. The van der Waals surface area contributed by atoms with E-state index in [1.807, 2.05) is 6.92 Å². The van der Waals surface area contributed by atoms with Crippen LogP contribution in [0.25, 0.3) is 0 Å². The lowest BCUT2D eigenvalue weighted by molar-refractivity contribution is 0.0871. The molecule has 1 heterocycles. The number of Topliss-reactive ketones (excluding diaryl/α,β-unsaturated/α-hetero) is 1. The van der Waals surface area contributed by atoms with Crippen molar-refractivity contribution < 1.29 is 14.3 Å². The van der Waals surface area contributed by atoms with Gasteiger partial charge in [-0.3, -0.25) is 9.59 Å². The Morgan fingerprint density at radius 3 is 3.00 bits per heavy atom. The maximum absolute atomic E-state index is 11.6. The zero-order valence-electron chi connectivity index (χ0n) is 7.82. The highest BCUT2D eigenvalue weighted by Gasteiger charge is 2.23. The molecule has 0 radical (unpaired) electrons. The second-order valence-electron chi connectivity index (χ2n) is 3.43. The lowest BCUT2D eigenvalue weighted by Crippen LogP contribution is -2.23. The number of hydrogen-bond donors (Lipinski definition) is 0. The maximum atomic E-state index is 11.6. The van der Waals surface area contributed by atoms with Crippen LogP contribution in [0.3, 0.4) is 0 Å². The van der Waals surface area contributed by atoms with Crippen LogP contribution in [0.1, 0.15) is 34.1 Å². The van der Waals surface area contributed by atoms with Gasteiger partial charge < -0.3 is 4.74 Å². The molecule has 1 aliphatic heterocycles. The molecule has 1 aromatic carbocycles. The average Bonchev–Trinajstić information content (AvgIpc) is 2.17. The quantitative estimate of drug-likeness (QED) is 0.635. The van der Waals surface area contributed by atoms with Crippen LogP contribution in [0.4, 0.5) is 0 Å². The molecule has 1 atom stereocenters. The van der Waals surface area contributed by atoms with E-state index in [2.05, 4.69) is 0 Å².